The zero-order valence-electron chi connectivity index (χ0n) is 17.6. The molecule has 4 N–H and O–H groups in total. The first-order valence-electron chi connectivity index (χ1n) is 9.54. The number of rotatable bonds is 7. The molecule has 3 aromatic rings. The Bertz CT molecular complexity index is 1330. The van der Waals surface area contributed by atoms with Crippen LogP contribution in [0.5, 0.6) is 11.5 Å². The quantitative estimate of drug-likeness (QED) is 0.458. The Morgan fingerprint density at radius 3 is 2.35 bits per heavy atom. The Hall–Kier alpha value is -3.61. The number of para-hydroxylation sites is 1. The topological polar surface area (TPSA) is 128 Å². The summed E-state index contributed by atoms with van der Waals surface area (Å²) < 4.78 is 70.6. The van der Waals surface area contributed by atoms with Crippen LogP contribution < -0.4 is 19.9 Å². The van der Waals surface area contributed by atoms with Gasteiger partial charge >= 0.3 is 6.36 Å². The lowest BCUT2D eigenvalue weighted by molar-refractivity contribution is -0.274. The van der Waals surface area contributed by atoms with Crippen molar-refractivity contribution < 1.29 is 41.0 Å². The third kappa shape index (κ3) is 5.84. The van der Waals surface area contributed by atoms with Crippen molar-refractivity contribution in [2.75, 3.05) is 12.4 Å². The lowest BCUT2D eigenvalue weighted by Gasteiger charge is -2.16. The van der Waals surface area contributed by atoms with Gasteiger partial charge in [-0.25, -0.2) is 13.6 Å². The standard InChI is InChI=1S/C22H19F3N2O6S/c1-32-19-11-13(6-9-20(19)34(26,30)31)21(29)27-15-7-8-16(14(10-15)12-28)17-4-2-3-5-18(17)33-22(23,24)25/h2-11,28H,12H2,1H3,(H,27,29)(H2,26,30,31). The van der Waals surface area contributed by atoms with Crippen molar-refractivity contribution in [1.29, 1.82) is 0 Å². The smallest absolute Gasteiger partial charge is 0.495 e. The zero-order valence-corrected chi connectivity index (χ0v) is 18.4. The van der Waals surface area contributed by atoms with Crippen molar-refractivity contribution in [3.8, 4) is 22.6 Å². The van der Waals surface area contributed by atoms with Gasteiger partial charge in [0.15, 0.2) is 0 Å². The number of nitrogens with two attached hydrogens (primary N) is 1. The van der Waals surface area contributed by atoms with Gasteiger partial charge in [-0.15, -0.1) is 13.2 Å². The Kier molecular flexibility index (Phi) is 7.15. The highest BCUT2D eigenvalue weighted by molar-refractivity contribution is 7.89. The molecule has 0 saturated carbocycles. The number of anilines is 1. The van der Waals surface area contributed by atoms with Gasteiger partial charge in [0, 0.05) is 16.8 Å². The maximum absolute atomic E-state index is 12.8. The molecule has 1 amide bonds. The molecule has 0 radical (unpaired) electrons. The largest absolute Gasteiger partial charge is 0.573 e. The molecule has 3 rings (SSSR count). The van der Waals surface area contributed by atoms with Gasteiger partial charge in [0.25, 0.3) is 5.91 Å². The van der Waals surface area contributed by atoms with Gasteiger partial charge in [-0.2, -0.15) is 0 Å². The van der Waals surface area contributed by atoms with Crippen molar-refractivity contribution in [3.05, 3.63) is 71.8 Å². The van der Waals surface area contributed by atoms with E-state index < -0.39 is 34.6 Å². The maximum atomic E-state index is 12.8. The number of benzene rings is 3. The van der Waals surface area contributed by atoms with Gasteiger partial charge < -0.3 is 19.9 Å². The molecule has 3 aromatic carbocycles. The SMILES string of the molecule is COc1cc(C(=O)Nc2ccc(-c3ccccc3OC(F)(F)F)c(CO)c2)ccc1S(N)(=O)=O. The third-order valence-corrected chi connectivity index (χ3v) is 5.62. The minimum absolute atomic E-state index is 0.0581. The molecule has 0 atom stereocenters. The maximum Gasteiger partial charge on any atom is 0.573 e. The number of amides is 1. The molecular weight excluding hydrogens is 477 g/mol. The summed E-state index contributed by atoms with van der Waals surface area (Å²) in [4.78, 5) is 12.4. The molecule has 180 valence electrons. The molecule has 12 heteroatoms. The predicted molar refractivity (Wildman–Crippen MR) is 117 cm³/mol. The van der Waals surface area contributed by atoms with Gasteiger partial charge in [0.2, 0.25) is 10.0 Å². The molecule has 8 nitrogen and oxygen atoms in total. The molecule has 0 aliphatic carbocycles. The number of hydrogen-bond donors (Lipinski definition) is 3. The van der Waals surface area contributed by atoms with Gasteiger partial charge in [-0.1, -0.05) is 24.3 Å². The summed E-state index contributed by atoms with van der Waals surface area (Å²) in [5.74, 6) is -1.19. The number of hydrogen-bond acceptors (Lipinski definition) is 6. The highest BCUT2D eigenvalue weighted by atomic mass is 32.2. The Morgan fingerprint density at radius 1 is 1.03 bits per heavy atom. The first-order valence-corrected chi connectivity index (χ1v) is 11.1. The monoisotopic (exact) mass is 496 g/mol. The summed E-state index contributed by atoms with van der Waals surface area (Å²) in [6.07, 6.45) is -4.90. The summed E-state index contributed by atoms with van der Waals surface area (Å²) >= 11 is 0. The number of carbonyl (C=O) groups excluding carboxylic acids is 1. The van der Waals surface area contributed by atoms with E-state index in [0.29, 0.717) is 0 Å². The van der Waals surface area contributed by atoms with E-state index in [9.17, 15) is 31.5 Å². The summed E-state index contributed by atoms with van der Waals surface area (Å²) in [7, 11) is -2.85. The minimum Gasteiger partial charge on any atom is -0.495 e. The van der Waals surface area contributed by atoms with Crippen LogP contribution in [0.25, 0.3) is 11.1 Å². The molecular formula is C22H19F3N2O6S. The van der Waals surface area contributed by atoms with Crippen molar-refractivity contribution >= 4 is 21.6 Å². The summed E-state index contributed by atoms with van der Waals surface area (Å²) in [6, 6.07) is 13.3. The summed E-state index contributed by atoms with van der Waals surface area (Å²) in [6.45, 7) is -0.531. The van der Waals surface area contributed by atoms with Gasteiger partial charge in [-0.3, -0.25) is 4.79 Å². The highest BCUT2D eigenvalue weighted by Crippen LogP contribution is 2.36. The fraction of sp³-hybridized carbons (Fsp3) is 0.136. The van der Waals surface area contributed by atoms with Gasteiger partial charge in [-0.05, 0) is 47.5 Å². The van der Waals surface area contributed by atoms with E-state index in [1.165, 1.54) is 55.6 Å². The second-order valence-corrected chi connectivity index (χ2v) is 8.47. The van der Waals surface area contributed by atoms with Crippen LogP contribution in [0.15, 0.2) is 65.6 Å². The molecule has 0 aliphatic heterocycles. The Morgan fingerprint density at radius 2 is 1.74 bits per heavy atom. The van der Waals surface area contributed by atoms with Crippen molar-refractivity contribution in [2.45, 2.75) is 17.9 Å². The fourth-order valence-electron chi connectivity index (χ4n) is 3.22. The predicted octanol–water partition coefficient (Wildman–Crippen LogP) is 3.65. The van der Waals surface area contributed by atoms with Crippen molar-refractivity contribution in [3.63, 3.8) is 0 Å². The number of halogens is 3. The van der Waals surface area contributed by atoms with Gasteiger partial charge in [0.05, 0.1) is 13.7 Å². The van der Waals surface area contributed by atoms with Crippen LogP contribution in [0.2, 0.25) is 0 Å². The van der Waals surface area contributed by atoms with Crippen LogP contribution in [-0.2, 0) is 16.6 Å². The normalized spacial score (nSPS) is 11.7. The van der Waals surface area contributed by atoms with E-state index in [1.807, 2.05) is 0 Å². The molecule has 0 aromatic heterocycles. The van der Waals surface area contributed by atoms with Crippen LogP contribution in [0.1, 0.15) is 15.9 Å². The van der Waals surface area contributed by atoms with E-state index in [1.54, 1.807) is 0 Å². The van der Waals surface area contributed by atoms with E-state index >= 15 is 0 Å². The number of aliphatic hydroxyl groups excluding tert-OH is 1. The minimum atomic E-state index is -4.90. The number of alkyl halides is 3. The average molecular weight is 496 g/mol. The zero-order chi connectivity index (χ0) is 25.1. The van der Waals surface area contributed by atoms with Gasteiger partial charge in [0.1, 0.15) is 16.4 Å². The number of carbonyl (C=O) groups is 1. The number of nitrogens with one attached hydrogen (secondary N) is 1. The average Bonchev–Trinajstić information content (AvgIpc) is 2.77. The van der Waals surface area contributed by atoms with Crippen molar-refractivity contribution in [2.24, 2.45) is 5.14 Å². The number of aliphatic hydroxyl groups is 1. The Balaban J connectivity index is 1.91. The number of methoxy groups -OCH3 is 1. The molecule has 0 bridgehead atoms. The molecule has 0 spiro atoms. The molecule has 0 saturated heterocycles. The van der Waals surface area contributed by atoms with E-state index in [2.05, 4.69) is 10.1 Å². The number of sulfonamides is 1. The molecule has 0 heterocycles. The second-order valence-electron chi connectivity index (χ2n) is 6.94. The highest BCUT2D eigenvalue weighted by Gasteiger charge is 2.32. The van der Waals surface area contributed by atoms with Crippen molar-refractivity contribution in [1.82, 2.24) is 0 Å². The lowest BCUT2D eigenvalue weighted by Crippen LogP contribution is -2.17. The molecule has 0 fully saturated rings. The van der Waals surface area contributed by atoms with Crippen LogP contribution in [0, 0.1) is 0 Å². The molecule has 0 unspecified atom stereocenters. The van der Waals surface area contributed by atoms with E-state index in [4.69, 9.17) is 9.88 Å². The third-order valence-electron chi connectivity index (χ3n) is 4.67. The summed E-state index contributed by atoms with van der Waals surface area (Å²) in [5.41, 5.74) is 0.909. The molecule has 34 heavy (non-hydrogen) atoms. The fourth-order valence-corrected chi connectivity index (χ4v) is 3.90. The second kappa shape index (κ2) is 9.71. The van der Waals surface area contributed by atoms with Crippen LogP contribution in [-0.4, -0.2) is 32.9 Å². The first kappa shape index (κ1) is 25.0. The van der Waals surface area contributed by atoms with Crippen LogP contribution in [0.4, 0.5) is 18.9 Å². The van der Waals surface area contributed by atoms with Crippen LogP contribution >= 0.6 is 0 Å². The lowest BCUT2D eigenvalue weighted by atomic mass is 9.98. The molecule has 0 aliphatic rings. The number of primary sulfonamides is 1. The van der Waals surface area contributed by atoms with E-state index in [-0.39, 0.29) is 38.6 Å². The first-order chi connectivity index (χ1) is 15.9. The number of ether oxygens (including phenoxy) is 2. The van der Waals surface area contributed by atoms with Crippen LogP contribution in [0.3, 0.4) is 0 Å². The Labute approximate surface area is 192 Å². The summed E-state index contributed by atoms with van der Waals surface area (Å²) in [5, 5.41) is 17.5. The van der Waals surface area contributed by atoms with E-state index in [0.717, 1.165) is 12.1 Å².